The normalized spacial score (nSPS) is 17.9. The summed E-state index contributed by atoms with van der Waals surface area (Å²) in [6.45, 7) is 0.775. The number of nitrogens with zero attached hydrogens (tertiary/aromatic N) is 3. The summed E-state index contributed by atoms with van der Waals surface area (Å²) in [5, 5.41) is 21.2. The fourth-order valence-electron chi connectivity index (χ4n) is 4.48. The van der Waals surface area contributed by atoms with Gasteiger partial charge < -0.3 is 14.6 Å². The number of benzene rings is 3. The SMILES string of the molecule is O=C1C(=O)N(c2nnc(SCc3ccccc3Cl)s2)[C@@H](c2cccc(Cl)c2)C1=C(O)c1ccc2c(c1)OCCO2. The van der Waals surface area contributed by atoms with Gasteiger partial charge in [0.2, 0.25) is 5.13 Å². The van der Waals surface area contributed by atoms with Gasteiger partial charge in [-0.3, -0.25) is 14.5 Å². The molecule has 202 valence electrons. The number of halogens is 2. The second-order valence-corrected chi connectivity index (χ2v) is 11.8. The number of carbonyl (C=O) groups excluding carboxylic acids is 2. The van der Waals surface area contributed by atoms with E-state index in [1.54, 1.807) is 42.5 Å². The zero-order chi connectivity index (χ0) is 27.8. The first-order valence-electron chi connectivity index (χ1n) is 12.1. The average molecular weight is 613 g/mol. The van der Waals surface area contributed by atoms with Crippen molar-refractivity contribution in [3.05, 3.63) is 99.0 Å². The highest BCUT2D eigenvalue weighted by Gasteiger charge is 2.48. The average Bonchev–Trinajstić information content (AvgIpc) is 3.54. The molecule has 3 heterocycles. The van der Waals surface area contributed by atoms with Crippen molar-refractivity contribution in [2.45, 2.75) is 16.1 Å². The van der Waals surface area contributed by atoms with Crippen molar-refractivity contribution >= 4 is 68.9 Å². The monoisotopic (exact) mass is 611 g/mol. The highest BCUT2D eigenvalue weighted by Crippen LogP contribution is 2.45. The minimum absolute atomic E-state index is 0.0931. The van der Waals surface area contributed by atoms with E-state index in [0.717, 1.165) is 5.56 Å². The third-order valence-electron chi connectivity index (χ3n) is 6.34. The molecule has 1 aromatic heterocycles. The Morgan fingerprint density at radius 1 is 1.00 bits per heavy atom. The van der Waals surface area contributed by atoms with Crippen molar-refractivity contribution in [3.63, 3.8) is 0 Å². The van der Waals surface area contributed by atoms with Crippen LogP contribution in [-0.4, -0.2) is 40.2 Å². The number of carbonyl (C=O) groups is 2. The maximum absolute atomic E-state index is 13.5. The minimum atomic E-state index is -0.985. The lowest BCUT2D eigenvalue weighted by molar-refractivity contribution is -0.132. The molecular weight excluding hydrogens is 593 g/mol. The van der Waals surface area contributed by atoms with Gasteiger partial charge in [-0.25, -0.2) is 0 Å². The van der Waals surface area contributed by atoms with Crippen LogP contribution in [0.4, 0.5) is 5.13 Å². The van der Waals surface area contributed by atoms with Crippen LogP contribution in [0.1, 0.15) is 22.7 Å². The van der Waals surface area contributed by atoms with Crippen LogP contribution in [-0.2, 0) is 15.3 Å². The number of hydrogen-bond donors (Lipinski definition) is 1. The number of hydrogen-bond acceptors (Lipinski definition) is 9. The molecule has 0 unspecified atom stereocenters. The maximum atomic E-state index is 13.5. The summed E-state index contributed by atoms with van der Waals surface area (Å²) in [6.07, 6.45) is 0. The lowest BCUT2D eigenvalue weighted by atomic mass is 9.95. The summed E-state index contributed by atoms with van der Waals surface area (Å²) < 4.78 is 11.8. The van der Waals surface area contributed by atoms with Crippen molar-refractivity contribution in [1.82, 2.24) is 10.2 Å². The highest BCUT2D eigenvalue weighted by molar-refractivity contribution is 8.00. The molecule has 2 aliphatic heterocycles. The highest BCUT2D eigenvalue weighted by atomic mass is 35.5. The van der Waals surface area contributed by atoms with Gasteiger partial charge in [-0.15, -0.1) is 10.2 Å². The second kappa shape index (κ2) is 11.1. The topological polar surface area (TPSA) is 102 Å². The first kappa shape index (κ1) is 26.6. The largest absolute Gasteiger partial charge is 0.507 e. The zero-order valence-electron chi connectivity index (χ0n) is 20.5. The quantitative estimate of drug-likeness (QED) is 0.0862. The predicted molar refractivity (Wildman–Crippen MR) is 155 cm³/mol. The number of Topliss-reactive ketones (excluding diaryl/α,β-unsaturated/α-hetero) is 1. The fraction of sp³-hybridized carbons (Fsp3) is 0.143. The minimum Gasteiger partial charge on any atom is -0.507 e. The molecule has 0 saturated carbocycles. The first-order chi connectivity index (χ1) is 19.4. The summed E-state index contributed by atoms with van der Waals surface area (Å²) in [6, 6.07) is 18.2. The summed E-state index contributed by atoms with van der Waals surface area (Å²) in [4.78, 5) is 28.2. The number of aromatic nitrogens is 2. The maximum Gasteiger partial charge on any atom is 0.301 e. The molecular formula is C28H19Cl2N3O5S2. The van der Waals surface area contributed by atoms with E-state index < -0.39 is 17.7 Å². The Bertz CT molecular complexity index is 1680. The van der Waals surface area contributed by atoms with Crippen molar-refractivity contribution in [3.8, 4) is 11.5 Å². The van der Waals surface area contributed by atoms with Gasteiger partial charge in [0, 0.05) is 21.4 Å². The molecule has 3 aromatic carbocycles. The van der Waals surface area contributed by atoms with Crippen LogP contribution in [0, 0.1) is 0 Å². The molecule has 0 bridgehead atoms. The predicted octanol–water partition coefficient (Wildman–Crippen LogP) is 6.53. The molecule has 0 aliphatic carbocycles. The smallest absolute Gasteiger partial charge is 0.301 e. The molecule has 2 aliphatic rings. The summed E-state index contributed by atoms with van der Waals surface area (Å²) in [5.41, 5.74) is 1.68. The Balaban J connectivity index is 1.39. The van der Waals surface area contributed by atoms with Crippen LogP contribution in [0.25, 0.3) is 5.76 Å². The molecule has 40 heavy (non-hydrogen) atoms. The van der Waals surface area contributed by atoms with Gasteiger partial charge in [0.05, 0.1) is 11.6 Å². The molecule has 0 radical (unpaired) electrons. The summed E-state index contributed by atoms with van der Waals surface area (Å²) >= 11 is 15.2. The van der Waals surface area contributed by atoms with Gasteiger partial charge in [-0.1, -0.05) is 76.6 Å². The summed E-state index contributed by atoms with van der Waals surface area (Å²) in [5.74, 6) is -0.505. The third-order valence-corrected chi connectivity index (χ3v) is 9.04. The standard InChI is InChI=1S/C28H19Cl2N3O5S2/c29-18-6-3-5-15(12-18)23-22(24(34)16-8-9-20-21(13-16)38-11-10-37-20)25(35)26(36)33(23)27-31-32-28(40-27)39-14-17-4-1-2-7-19(17)30/h1-9,12-13,23,34H,10-11,14H2/t23-/m0/s1. The molecule has 0 spiro atoms. The van der Waals surface area contributed by atoms with Gasteiger partial charge in [-0.2, -0.15) is 0 Å². The van der Waals surface area contributed by atoms with E-state index in [0.29, 0.717) is 56.0 Å². The van der Waals surface area contributed by atoms with Gasteiger partial charge in [-0.05, 0) is 47.5 Å². The van der Waals surface area contributed by atoms with Crippen molar-refractivity contribution in [2.24, 2.45) is 0 Å². The van der Waals surface area contributed by atoms with Crippen molar-refractivity contribution < 1.29 is 24.2 Å². The molecule has 4 aromatic rings. The Labute approximate surface area is 247 Å². The van der Waals surface area contributed by atoms with E-state index >= 15 is 0 Å². The van der Waals surface area contributed by atoms with E-state index in [1.807, 2.05) is 24.3 Å². The van der Waals surface area contributed by atoms with E-state index in [2.05, 4.69) is 10.2 Å². The first-order valence-corrected chi connectivity index (χ1v) is 14.6. The lowest BCUT2D eigenvalue weighted by Gasteiger charge is -2.23. The Kier molecular flexibility index (Phi) is 7.41. The zero-order valence-corrected chi connectivity index (χ0v) is 23.7. The number of aliphatic hydroxyl groups excluding tert-OH is 1. The number of thioether (sulfide) groups is 1. The number of aliphatic hydroxyl groups is 1. The van der Waals surface area contributed by atoms with E-state index in [-0.39, 0.29) is 16.5 Å². The fourth-order valence-corrected chi connectivity index (χ4v) is 6.83. The number of anilines is 1. The molecule has 1 N–H and O–H groups in total. The molecule has 8 nitrogen and oxygen atoms in total. The number of ether oxygens (including phenoxy) is 2. The second-order valence-electron chi connectivity index (χ2n) is 8.81. The number of fused-ring (bicyclic) bond motifs is 1. The van der Waals surface area contributed by atoms with Crippen LogP contribution < -0.4 is 14.4 Å². The molecule has 1 amide bonds. The van der Waals surface area contributed by atoms with E-state index in [4.69, 9.17) is 32.7 Å². The van der Waals surface area contributed by atoms with Crippen LogP contribution in [0.3, 0.4) is 0 Å². The third kappa shape index (κ3) is 5.03. The van der Waals surface area contributed by atoms with Gasteiger partial charge in [0.15, 0.2) is 15.8 Å². The van der Waals surface area contributed by atoms with Gasteiger partial charge in [0.25, 0.3) is 5.78 Å². The Morgan fingerprint density at radius 3 is 2.60 bits per heavy atom. The van der Waals surface area contributed by atoms with Gasteiger partial charge >= 0.3 is 5.91 Å². The van der Waals surface area contributed by atoms with Crippen LogP contribution in [0.2, 0.25) is 10.0 Å². The van der Waals surface area contributed by atoms with Crippen LogP contribution in [0.15, 0.2) is 76.6 Å². The Hall–Kier alpha value is -3.57. The van der Waals surface area contributed by atoms with Crippen molar-refractivity contribution in [1.29, 1.82) is 0 Å². The molecule has 12 heteroatoms. The van der Waals surface area contributed by atoms with E-state index in [1.165, 1.54) is 28.0 Å². The van der Waals surface area contributed by atoms with Crippen LogP contribution in [0.5, 0.6) is 11.5 Å². The molecule has 1 atom stereocenters. The number of rotatable bonds is 6. The molecule has 1 saturated heterocycles. The number of amides is 1. The van der Waals surface area contributed by atoms with Crippen LogP contribution >= 0.6 is 46.3 Å². The number of ketones is 1. The lowest BCUT2D eigenvalue weighted by Crippen LogP contribution is -2.29. The van der Waals surface area contributed by atoms with Gasteiger partial charge in [0.1, 0.15) is 19.0 Å². The van der Waals surface area contributed by atoms with E-state index in [9.17, 15) is 14.7 Å². The van der Waals surface area contributed by atoms with Crippen molar-refractivity contribution in [2.75, 3.05) is 18.1 Å². The summed E-state index contributed by atoms with van der Waals surface area (Å²) in [7, 11) is 0. The molecule has 6 rings (SSSR count). The Morgan fingerprint density at radius 2 is 1.80 bits per heavy atom. The molecule has 1 fully saturated rings.